The molecule has 10 heteroatoms. The number of benzene rings is 2. The topological polar surface area (TPSA) is 99.6 Å². The number of likely N-dealkylation sites (N-methyl/N-ethyl adjacent to an activating group) is 2. The molecule has 0 radical (unpaired) electrons. The maximum atomic E-state index is 13.2. The summed E-state index contributed by atoms with van der Waals surface area (Å²) in [6.07, 6.45) is 6.15. The summed E-state index contributed by atoms with van der Waals surface area (Å²) in [7, 11) is 7.16. The zero-order valence-corrected chi connectivity index (χ0v) is 27.9. The number of nitrogens with one attached hydrogen (secondary N) is 2. The maximum absolute atomic E-state index is 13.2. The molecule has 1 atom stereocenters. The molecular formula is C35H42N6O3S. The van der Waals surface area contributed by atoms with Gasteiger partial charge in [0.15, 0.2) is 5.82 Å². The summed E-state index contributed by atoms with van der Waals surface area (Å²) in [6, 6.07) is 15.0. The van der Waals surface area contributed by atoms with E-state index in [0.717, 1.165) is 34.4 Å². The maximum Gasteiger partial charge on any atom is 0.293 e. The van der Waals surface area contributed by atoms with E-state index in [4.69, 9.17) is 4.98 Å². The van der Waals surface area contributed by atoms with E-state index in [9.17, 15) is 14.4 Å². The lowest BCUT2D eigenvalue weighted by atomic mass is 9.99. The minimum absolute atomic E-state index is 0.00144. The lowest BCUT2D eigenvalue weighted by Crippen LogP contribution is -2.41. The minimum atomic E-state index is -0.427. The first-order chi connectivity index (χ1) is 21.4. The van der Waals surface area contributed by atoms with Crippen molar-refractivity contribution < 1.29 is 9.59 Å². The van der Waals surface area contributed by atoms with Gasteiger partial charge in [0.2, 0.25) is 5.91 Å². The number of hydrogen-bond acceptors (Lipinski definition) is 7. The predicted molar refractivity (Wildman–Crippen MR) is 183 cm³/mol. The molecular weight excluding hydrogens is 584 g/mol. The Balaban J connectivity index is 1.39. The standard InChI is InChI=1S/C35H42N6O3S/c1-21(2)41(7)31(34(43)39(4)5)23-15-17-25(18-16-23)36-32-35(44)40(6)20-28(37-32)26-12-10-13-27(22(26)3)38-33(42)30-19-24-11-8-9-14-29(24)45-30/h10,12-13,15-21,31H,8-9,11,14H2,1-7H3,(H,36,37)(H,38,42)/t31-/m1/s1. The second kappa shape index (κ2) is 13.4. The number of aryl methyl sites for hydroxylation is 3. The van der Waals surface area contributed by atoms with Gasteiger partial charge in [-0.25, -0.2) is 4.98 Å². The van der Waals surface area contributed by atoms with Crippen molar-refractivity contribution in [3.8, 4) is 11.3 Å². The molecule has 0 fully saturated rings. The number of nitrogens with zero attached hydrogens (tertiary/aromatic N) is 4. The second-order valence-corrected chi connectivity index (χ2v) is 13.4. The molecule has 2 N–H and O–H groups in total. The SMILES string of the molecule is Cc1c(NC(=O)c2cc3c(s2)CCCC3)cccc1-c1cn(C)c(=O)c(Nc2ccc([C@H](C(=O)N(C)C)N(C)C(C)C)cc2)n1. The Bertz CT molecular complexity index is 1750. The van der Waals surface area contributed by atoms with Crippen LogP contribution in [0.2, 0.25) is 0 Å². The molecule has 9 nitrogen and oxygen atoms in total. The highest BCUT2D eigenvalue weighted by molar-refractivity contribution is 7.14. The molecule has 0 saturated heterocycles. The minimum Gasteiger partial charge on any atom is -0.347 e. The Kier molecular flexibility index (Phi) is 9.55. The van der Waals surface area contributed by atoms with Gasteiger partial charge in [-0.05, 0) is 94.5 Å². The van der Waals surface area contributed by atoms with Crippen LogP contribution in [0, 0.1) is 6.92 Å². The summed E-state index contributed by atoms with van der Waals surface area (Å²) in [6.45, 7) is 6.06. The summed E-state index contributed by atoms with van der Waals surface area (Å²) in [4.78, 5) is 49.8. The fourth-order valence-corrected chi connectivity index (χ4v) is 6.78. The molecule has 0 aliphatic heterocycles. The van der Waals surface area contributed by atoms with Crippen molar-refractivity contribution in [2.45, 2.75) is 58.5 Å². The lowest BCUT2D eigenvalue weighted by Gasteiger charge is -2.32. The Morgan fingerprint density at radius 2 is 1.73 bits per heavy atom. The molecule has 1 aliphatic carbocycles. The van der Waals surface area contributed by atoms with E-state index in [1.165, 1.54) is 27.8 Å². The zero-order valence-electron chi connectivity index (χ0n) is 27.1. The van der Waals surface area contributed by atoms with Crippen molar-refractivity contribution in [2.75, 3.05) is 31.8 Å². The van der Waals surface area contributed by atoms with E-state index in [1.807, 2.05) is 67.4 Å². The van der Waals surface area contributed by atoms with Gasteiger partial charge >= 0.3 is 0 Å². The molecule has 45 heavy (non-hydrogen) atoms. The number of hydrogen-bond donors (Lipinski definition) is 2. The van der Waals surface area contributed by atoms with Gasteiger partial charge in [0.1, 0.15) is 6.04 Å². The van der Waals surface area contributed by atoms with Gasteiger partial charge in [-0.1, -0.05) is 24.3 Å². The van der Waals surface area contributed by atoms with Crippen molar-refractivity contribution in [1.82, 2.24) is 19.4 Å². The number of anilines is 3. The van der Waals surface area contributed by atoms with E-state index in [0.29, 0.717) is 17.1 Å². The fraction of sp³-hybridized carbons (Fsp3) is 0.371. The molecule has 0 saturated carbocycles. The number of carbonyl (C=O) groups is 2. The zero-order chi connectivity index (χ0) is 32.4. The number of carbonyl (C=O) groups excluding carboxylic acids is 2. The largest absolute Gasteiger partial charge is 0.347 e. The van der Waals surface area contributed by atoms with Crippen LogP contribution >= 0.6 is 11.3 Å². The van der Waals surface area contributed by atoms with E-state index < -0.39 is 6.04 Å². The monoisotopic (exact) mass is 626 g/mol. The Morgan fingerprint density at radius 3 is 2.40 bits per heavy atom. The van der Waals surface area contributed by atoms with Gasteiger partial charge in [0.05, 0.1) is 10.6 Å². The quantitative estimate of drug-likeness (QED) is 0.231. The number of aromatic nitrogens is 2. The summed E-state index contributed by atoms with van der Waals surface area (Å²) >= 11 is 1.59. The number of amides is 2. The van der Waals surface area contributed by atoms with Crippen molar-refractivity contribution >= 4 is 40.3 Å². The second-order valence-electron chi connectivity index (χ2n) is 12.2. The van der Waals surface area contributed by atoms with Gasteiger partial charge in [-0.15, -0.1) is 11.3 Å². The van der Waals surface area contributed by atoms with E-state index in [-0.39, 0.29) is 29.2 Å². The van der Waals surface area contributed by atoms with Gasteiger partial charge in [-0.3, -0.25) is 19.3 Å². The van der Waals surface area contributed by atoms with Crippen LogP contribution in [0.4, 0.5) is 17.2 Å². The van der Waals surface area contributed by atoms with Crippen LogP contribution < -0.4 is 16.2 Å². The molecule has 2 aromatic heterocycles. The third-order valence-corrected chi connectivity index (χ3v) is 9.77. The Morgan fingerprint density at radius 1 is 1.02 bits per heavy atom. The smallest absolute Gasteiger partial charge is 0.293 e. The van der Waals surface area contributed by atoms with Crippen molar-refractivity contribution in [3.63, 3.8) is 0 Å². The summed E-state index contributed by atoms with van der Waals surface area (Å²) in [5.74, 6) is 0.0717. The molecule has 0 spiro atoms. The van der Waals surface area contributed by atoms with Crippen molar-refractivity contribution in [1.29, 1.82) is 0 Å². The van der Waals surface area contributed by atoms with Gasteiger partial charge < -0.3 is 20.1 Å². The van der Waals surface area contributed by atoms with Crippen LogP contribution in [0.25, 0.3) is 11.3 Å². The fourth-order valence-electron chi connectivity index (χ4n) is 5.63. The predicted octanol–water partition coefficient (Wildman–Crippen LogP) is 6.16. The first-order valence-corrected chi connectivity index (χ1v) is 16.2. The molecule has 5 rings (SSSR count). The highest BCUT2D eigenvalue weighted by Gasteiger charge is 2.28. The van der Waals surface area contributed by atoms with Gasteiger partial charge in [0, 0.05) is 55.2 Å². The van der Waals surface area contributed by atoms with Crippen molar-refractivity contribution in [2.24, 2.45) is 7.05 Å². The molecule has 0 unspecified atom stereocenters. The van der Waals surface area contributed by atoms with E-state index in [2.05, 4.69) is 24.5 Å². The summed E-state index contributed by atoms with van der Waals surface area (Å²) < 4.78 is 1.50. The molecule has 1 aliphatic rings. The third-order valence-electron chi connectivity index (χ3n) is 8.54. The molecule has 2 amide bonds. The molecule has 2 heterocycles. The highest BCUT2D eigenvalue weighted by atomic mass is 32.1. The normalized spacial score (nSPS) is 13.4. The molecule has 2 aromatic carbocycles. The van der Waals surface area contributed by atoms with Crippen LogP contribution in [0.15, 0.2) is 59.5 Å². The molecule has 0 bridgehead atoms. The van der Waals surface area contributed by atoms with Crippen LogP contribution in [0.5, 0.6) is 0 Å². The van der Waals surface area contributed by atoms with Gasteiger partial charge in [0.25, 0.3) is 11.5 Å². The third kappa shape index (κ3) is 6.87. The van der Waals surface area contributed by atoms with Crippen molar-refractivity contribution in [3.05, 3.63) is 91.5 Å². The van der Waals surface area contributed by atoms with Crippen LogP contribution in [0.3, 0.4) is 0 Å². The lowest BCUT2D eigenvalue weighted by molar-refractivity contribution is -0.134. The summed E-state index contributed by atoms with van der Waals surface area (Å²) in [5.41, 5.74) is 5.56. The number of thiophene rings is 1. The first-order valence-electron chi connectivity index (χ1n) is 15.3. The highest BCUT2D eigenvalue weighted by Crippen LogP contribution is 2.32. The average molecular weight is 627 g/mol. The Labute approximate surface area is 268 Å². The molecule has 4 aromatic rings. The Hall–Kier alpha value is -4.28. The first kappa shape index (κ1) is 32.1. The average Bonchev–Trinajstić information content (AvgIpc) is 3.46. The summed E-state index contributed by atoms with van der Waals surface area (Å²) in [5, 5.41) is 6.28. The van der Waals surface area contributed by atoms with E-state index in [1.54, 1.807) is 43.6 Å². The van der Waals surface area contributed by atoms with E-state index >= 15 is 0 Å². The van der Waals surface area contributed by atoms with Crippen LogP contribution in [-0.2, 0) is 24.7 Å². The van der Waals surface area contributed by atoms with Gasteiger partial charge in [-0.2, -0.15) is 0 Å². The van der Waals surface area contributed by atoms with Crippen LogP contribution in [-0.4, -0.2) is 58.4 Å². The number of rotatable bonds is 9. The molecule has 236 valence electrons. The number of fused-ring (bicyclic) bond motifs is 1. The van der Waals surface area contributed by atoms with Crippen LogP contribution in [0.1, 0.15) is 64.0 Å².